The third-order valence-corrected chi connectivity index (χ3v) is 7.42. The molecule has 5 rings (SSSR count). The molecule has 3 aromatic carbocycles. The number of ether oxygens (including phenoxy) is 1. The van der Waals surface area contributed by atoms with E-state index >= 15 is 0 Å². The fourth-order valence-electron chi connectivity index (χ4n) is 4.04. The summed E-state index contributed by atoms with van der Waals surface area (Å²) in [5.74, 6) is 0.531. The second kappa shape index (κ2) is 11.0. The van der Waals surface area contributed by atoms with Gasteiger partial charge in [0.15, 0.2) is 16.7 Å². The zero-order valence-electron chi connectivity index (χ0n) is 21.2. The van der Waals surface area contributed by atoms with Gasteiger partial charge in [0.2, 0.25) is 0 Å². The molecule has 0 aliphatic carbocycles. The number of alkyl halides is 3. The van der Waals surface area contributed by atoms with Crippen molar-refractivity contribution in [2.45, 2.75) is 25.9 Å². The summed E-state index contributed by atoms with van der Waals surface area (Å²) in [5.41, 5.74) is 2.47. The largest absolute Gasteiger partial charge is 0.573 e. The topological polar surface area (TPSA) is 88.1 Å². The van der Waals surface area contributed by atoms with Gasteiger partial charge in [-0.2, -0.15) is 5.10 Å². The van der Waals surface area contributed by atoms with Crippen LogP contribution in [-0.2, 0) is 0 Å². The first-order valence-electron chi connectivity index (χ1n) is 11.9. The normalized spacial score (nSPS) is 18.7. The smallest absolute Gasteiger partial charge is 0.406 e. The molecule has 13 heteroatoms. The van der Waals surface area contributed by atoms with Crippen LogP contribution in [0.3, 0.4) is 0 Å². The minimum absolute atomic E-state index is 0.317. The number of aryl methyl sites for hydroxylation is 1. The van der Waals surface area contributed by atoms with Gasteiger partial charge in [-0.05, 0) is 55.3 Å². The van der Waals surface area contributed by atoms with Crippen molar-refractivity contribution in [3.8, 4) is 22.8 Å². The summed E-state index contributed by atoms with van der Waals surface area (Å²) in [6.07, 6.45) is -1.68. The molecule has 0 spiro atoms. The van der Waals surface area contributed by atoms with Gasteiger partial charge in [-0.15, -0.1) is 23.4 Å². The Morgan fingerprint density at radius 2 is 1.82 bits per heavy atom. The molecule has 206 valence electrons. The Morgan fingerprint density at radius 3 is 2.50 bits per heavy atom. The van der Waals surface area contributed by atoms with Gasteiger partial charge >= 0.3 is 6.36 Å². The van der Waals surface area contributed by atoms with Gasteiger partial charge in [0, 0.05) is 11.3 Å². The molecule has 1 aliphatic rings. The Morgan fingerprint density at radius 1 is 1.10 bits per heavy atom. The highest BCUT2D eigenvalue weighted by Crippen LogP contribution is 2.41. The number of benzene rings is 3. The van der Waals surface area contributed by atoms with E-state index in [0.717, 1.165) is 16.7 Å². The maximum absolute atomic E-state index is 12.4. The molecule has 8 nitrogen and oxygen atoms in total. The Labute approximate surface area is 236 Å². The van der Waals surface area contributed by atoms with Gasteiger partial charge in [-0.25, -0.2) is 9.67 Å². The van der Waals surface area contributed by atoms with E-state index in [2.05, 4.69) is 25.0 Å². The predicted octanol–water partition coefficient (Wildman–Crippen LogP) is 6.45. The number of halogens is 4. The zero-order valence-corrected chi connectivity index (χ0v) is 22.7. The molecule has 40 heavy (non-hydrogen) atoms. The molecule has 1 aromatic heterocycles. The first-order chi connectivity index (χ1) is 19.0. The Bertz CT molecular complexity index is 1550. The van der Waals surface area contributed by atoms with Gasteiger partial charge in [0.25, 0.3) is 0 Å². The predicted molar refractivity (Wildman–Crippen MR) is 150 cm³/mol. The van der Waals surface area contributed by atoms with Gasteiger partial charge in [-0.1, -0.05) is 59.8 Å². The maximum atomic E-state index is 12.4. The van der Waals surface area contributed by atoms with Crippen molar-refractivity contribution in [1.82, 2.24) is 14.8 Å². The van der Waals surface area contributed by atoms with E-state index in [9.17, 15) is 18.3 Å². The molecule has 0 amide bonds. The number of para-hydroxylation sites is 1. The Kier molecular flexibility index (Phi) is 7.58. The number of aromatic nitrogens is 3. The lowest BCUT2D eigenvalue weighted by Gasteiger charge is -2.32. The fourth-order valence-corrected chi connectivity index (χ4v) is 5.40. The van der Waals surface area contributed by atoms with Crippen molar-refractivity contribution in [2.75, 3.05) is 10.7 Å². The highest BCUT2D eigenvalue weighted by molar-refractivity contribution is 8.14. The molecule has 1 unspecified atom stereocenters. The molecule has 1 atom stereocenters. The molecule has 0 radical (unpaired) electrons. The van der Waals surface area contributed by atoms with Crippen LogP contribution in [0.4, 0.5) is 18.9 Å². The number of rotatable bonds is 6. The monoisotopic (exact) mass is 586 g/mol. The van der Waals surface area contributed by atoms with Gasteiger partial charge in [0.05, 0.1) is 22.6 Å². The number of nitrogens with zero attached hydrogens (tertiary/aromatic N) is 6. The summed E-state index contributed by atoms with van der Waals surface area (Å²) >= 11 is 7.84. The van der Waals surface area contributed by atoms with Crippen molar-refractivity contribution in [2.24, 2.45) is 10.2 Å². The molecule has 4 aromatic rings. The second-order valence-corrected chi connectivity index (χ2v) is 10.4. The van der Waals surface area contributed by atoms with E-state index in [4.69, 9.17) is 11.6 Å². The summed E-state index contributed by atoms with van der Waals surface area (Å²) in [5, 5.41) is 25.0. The van der Waals surface area contributed by atoms with Crippen LogP contribution < -0.4 is 9.64 Å². The number of hydrogen-bond donors (Lipinski definition) is 1. The van der Waals surface area contributed by atoms with E-state index in [1.165, 1.54) is 47.0 Å². The summed E-state index contributed by atoms with van der Waals surface area (Å²) < 4.78 is 42.5. The number of amidine groups is 1. The van der Waals surface area contributed by atoms with Gasteiger partial charge < -0.3 is 9.84 Å². The molecule has 0 bridgehead atoms. The SMILES string of the molecule is Cc1cccc(Cl)c1N1/C(=N\N=C/c2ccc(-c3ncn(-c4ccc(OC(F)(F)F)cc4)n3)cc2)SCC1(C)O. The van der Waals surface area contributed by atoms with Crippen LogP contribution >= 0.6 is 23.4 Å². The first kappa shape index (κ1) is 27.7. The lowest BCUT2D eigenvalue weighted by atomic mass is 10.1. The first-order valence-corrected chi connectivity index (χ1v) is 13.3. The number of hydrogen-bond acceptors (Lipinski definition) is 7. The average Bonchev–Trinajstić information content (AvgIpc) is 3.49. The lowest BCUT2D eigenvalue weighted by molar-refractivity contribution is -0.274. The summed E-state index contributed by atoms with van der Waals surface area (Å²) in [7, 11) is 0. The van der Waals surface area contributed by atoms with Crippen LogP contribution in [0.25, 0.3) is 17.1 Å². The minimum Gasteiger partial charge on any atom is -0.406 e. The molecular formula is C27H22ClF3N6O2S. The second-order valence-electron chi connectivity index (χ2n) is 9.05. The molecule has 0 saturated carbocycles. The maximum Gasteiger partial charge on any atom is 0.573 e. The zero-order chi connectivity index (χ0) is 28.5. The van der Waals surface area contributed by atoms with E-state index in [1.54, 1.807) is 24.1 Å². The Balaban J connectivity index is 1.29. The van der Waals surface area contributed by atoms with E-state index in [-0.39, 0.29) is 5.75 Å². The van der Waals surface area contributed by atoms with E-state index in [1.807, 2.05) is 43.3 Å². The van der Waals surface area contributed by atoms with E-state index in [0.29, 0.717) is 33.1 Å². The molecule has 2 heterocycles. The number of aliphatic hydroxyl groups is 1. The van der Waals surface area contributed by atoms with Crippen molar-refractivity contribution in [3.05, 3.63) is 89.2 Å². The molecule has 1 saturated heterocycles. The van der Waals surface area contributed by atoms with Crippen LogP contribution in [0.2, 0.25) is 5.02 Å². The van der Waals surface area contributed by atoms with Crippen molar-refractivity contribution in [1.29, 1.82) is 0 Å². The van der Waals surface area contributed by atoms with Crippen LogP contribution in [-0.4, -0.2) is 49.1 Å². The minimum atomic E-state index is -4.75. The Hall–Kier alpha value is -3.87. The number of anilines is 1. The molecule has 1 N–H and O–H groups in total. The number of thioether (sulfide) groups is 1. The third kappa shape index (κ3) is 6.14. The average molecular weight is 587 g/mol. The van der Waals surface area contributed by atoms with Crippen LogP contribution in [0.1, 0.15) is 18.1 Å². The quantitative estimate of drug-likeness (QED) is 0.206. The third-order valence-electron chi connectivity index (χ3n) is 5.91. The molecule has 1 fully saturated rings. The summed E-state index contributed by atoms with van der Waals surface area (Å²) in [6, 6.07) is 18.2. The molecular weight excluding hydrogens is 565 g/mol. The highest BCUT2D eigenvalue weighted by atomic mass is 35.5. The highest BCUT2D eigenvalue weighted by Gasteiger charge is 2.42. The van der Waals surface area contributed by atoms with Gasteiger partial charge in [0.1, 0.15) is 12.1 Å². The summed E-state index contributed by atoms with van der Waals surface area (Å²) in [4.78, 5) is 6.00. The molecule has 1 aliphatic heterocycles. The van der Waals surface area contributed by atoms with Crippen molar-refractivity contribution in [3.63, 3.8) is 0 Å². The van der Waals surface area contributed by atoms with Crippen molar-refractivity contribution < 1.29 is 23.0 Å². The fraction of sp³-hybridized carbons (Fsp3) is 0.185. The standard InChI is InChI=1S/C27H22ClF3N6O2S/c1-17-4-3-5-22(28)23(17)37-25(40-15-26(37,2)38)34-33-14-18-6-8-19(9-7-18)24-32-16-36(35-24)20-10-12-21(13-11-20)39-27(29,30)31/h3-14,16,38H,15H2,1-2H3/b33-14-,34-25+. The van der Waals surface area contributed by atoms with Crippen molar-refractivity contribution >= 4 is 40.4 Å². The van der Waals surface area contributed by atoms with Crippen LogP contribution in [0.15, 0.2) is 83.3 Å². The van der Waals surface area contributed by atoms with Crippen LogP contribution in [0.5, 0.6) is 5.75 Å². The lowest BCUT2D eigenvalue weighted by Crippen LogP contribution is -2.45. The van der Waals surface area contributed by atoms with Gasteiger partial charge in [-0.3, -0.25) is 4.90 Å². The van der Waals surface area contributed by atoms with Crippen LogP contribution in [0, 0.1) is 6.92 Å². The van der Waals surface area contributed by atoms with E-state index < -0.39 is 12.1 Å². The summed E-state index contributed by atoms with van der Waals surface area (Å²) in [6.45, 7) is 3.63.